The fourth-order valence-corrected chi connectivity index (χ4v) is 3.40. The molecule has 104 valence electrons. The minimum atomic E-state index is -0.544. The Hall–Kier alpha value is -0.900. The van der Waals surface area contributed by atoms with E-state index in [-0.39, 0.29) is 5.92 Å². The van der Waals surface area contributed by atoms with Crippen molar-refractivity contribution in [2.24, 2.45) is 0 Å². The maximum absolute atomic E-state index is 10.7. The zero-order valence-corrected chi connectivity index (χ0v) is 13.2. The van der Waals surface area contributed by atoms with Gasteiger partial charge in [0.25, 0.3) is 0 Å². The lowest BCUT2D eigenvalue weighted by atomic mass is 9.81. The van der Waals surface area contributed by atoms with Crippen molar-refractivity contribution in [1.82, 2.24) is 4.98 Å². The van der Waals surface area contributed by atoms with E-state index in [1.165, 1.54) is 5.56 Å². The van der Waals surface area contributed by atoms with Gasteiger partial charge in [-0.3, -0.25) is 4.98 Å². The first-order valence-corrected chi connectivity index (χ1v) is 7.90. The molecule has 1 aromatic carbocycles. The summed E-state index contributed by atoms with van der Waals surface area (Å²) in [6.07, 6.45) is 4.37. The molecule has 1 N–H and O–H groups in total. The number of fused-ring (bicyclic) bond motifs is 1. The number of benzene rings is 1. The van der Waals surface area contributed by atoms with Crippen LogP contribution in [-0.4, -0.2) is 10.1 Å². The van der Waals surface area contributed by atoms with E-state index in [1.54, 1.807) is 0 Å². The number of pyridine rings is 1. The predicted octanol–water partition coefficient (Wildman–Crippen LogP) is 4.65. The van der Waals surface area contributed by atoms with Gasteiger partial charge in [0, 0.05) is 22.3 Å². The number of aliphatic hydroxyl groups excluding tert-OH is 1. The summed E-state index contributed by atoms with van der Waals surface area (Å²) in [6, 6.07) is 9.66. The lowest BCUT2D eigenvalue weighted by Gasteiger charge is -2.28. The van der Waals surface area contributed by atoms with Crippen LogP contribution >= 0.6 is 27.5 Å². The van der Waals surface area contributed by atoms with E-state index in [0.29, 0.717) is 5.02 Å². The molecule has 4 heteroatoms. The number of halogens is 2. The van der Waals surface area contributed by atoms with Crippen molar-refractivity contribution in [1.29, 1.82) is 0 Å². The largest absolute Gasteiger partial charge is 0.388 e. The molecule has 1 aromatic heterocycles. The Morgan fingerprint density at radius 2 is 2.20 bits per heavy atom. The summed E-state index contributed by atoms with van der Waals surface area (Å²) in [4.78, 5) is 4.49. The molecule has 0 saturated heterocycles. The number of hydrogen-bond donors (Lipinski definition) is 1. The SMILES string of the molecule is OC(c1ccc(Cl)c(Br)c1)C1CCCc2cccnc21. The highest BCUT2D eigenvalue weighted by Crippen LogP contribution is 2.40. The average Bonchev–Trinajstić information content (AvgIpc) is 2.49. The van der Waals surface area contributed by atoms with Gasteiger partial charge in [-0.1, -0.05) is 23.7 Å². The molecule has 0 saturated carbocycles. The van der Waals surface area contributed by atoms with Crippen molar-refractivity contribution in [3.8, 4) is 0 Å². The highest BCUT2D eigenvalue weighted by Gasteiger charge is 2.28. The van der Waals surface area contributed by atoms with E-state index in [0.717, 1.165) is 35.0 Å². The van der Waals surface area contributed by atoms with Crippen molar-refractivity contribution >= 4 is 27.5 Å². The van der Waals surface area contributed by atoms with Gasteiger partial charge in [0.2, 0.25) is 0 Å². The molecule has 2 aromatic rings. The van der Waals surface area contributed by atoms with E-state index in [2.05, 4.69) is 27.0 Å². The molecule has 1 aliphatic carbocycles. The minimum absolute atomic E-state index is 0.0630. The molecule has 0 aliphatic heterocycles. The molecule has 1 heterocycles. The quantitative estimate of drug-likeness (QED) is 0.853. The van der Waals surface area contributed by atoms with Crippen LogP contribution in [0.4, 0.5) is 0 Å². The molecule has 20 heavy (non-hydrogen) atoms. The Bertz CT molecular complexity index is 632. The standard InChI is InChI=1S/C16H15BrClNO/c17-13-9-11(6-7-14(13)18)16(20)12-5-1-3-10-4-2-8-19-15(10)12/h2,4,6-9,12,16,20H,1,3,5H2. The molecule has 0 amide bonds. The van der Waals surface area contributed by atoms with Crippen LogP contribution in [0.3, 0.4) is 0 Å². The third-order valence-electron chi connectivity index (χ3n) is 3.90. The summed E-state index contributed by atoms with van der Waals surface area (Å²) < 4.78 is 0.813. The van der Waals surface area contributed by atoms with Gasteiger partial charge in [0.15, 0.2) is 0 Å². The van der Waals surface area contributed by atoms with E-state index < -0.39 is 6.10 Å². The van der Waals surface area contributed by atoms with E-state index in [9.17, 15) is 5.11 Å². The number of aromatic nitrogens is 1. The molecule has 0 spiro atoms. The van der Waals surface area contributed by atoms with Gasteiger partial charge in [-0.15, -0.1) is 0 Å². The summed E-state index contributed by atoms with van der Waals surface area (Å²) in [7, 11) is 0. The maximum Gasteiger partial charge on any atom is 0.0874 e. The first-order valence-electron chi connectivity index (χ1n) is 6.73. The lowest BCUT2D eigenvalue weighted by Crippen LogP contribution is -2.18. The number of rotatable bonds is 2. The molecule has 0 bridgehead atoms. The van der Waals surface area contributed by atoms with Gasteiger partial charge >= 0.3 is 0 Å². The molecule has 1 aliphatic rings. The molecule has 2 nitrogen and oxygen atoms in total. The summed E-state index contributed by atoms with van der Waals surface area (Å²) >= 11 is 9.42. The highest BCUT2D eigenvalue weighted by molar-refractivity contribution is 9.10. The Morgan fingerprint density at radius 3 is 3.00 bits per heavy atom. The second kappa shape index (κ2) is 5.84. The lowest BCUT2D eigenvalue weighted by molar-refractivity contribution is 0.134. The van der Waals surface area contributed by atoms with Crippen LogP contribution < -0.4 is 0 Å². The first-order chi connectivity index (χ1) is 9.66. The van der Waals surface area contributed by atoms with Crippen LogP contribution in [0.1, 0.15) is 41.7 Å². The third-order valence-corrected chi connectivity index (χ3v) is 5.12. The van der Waals surface area contributed by atoms with Crippen LogP contribution in [0.25, 0.3) is 0 Å². The minimum Gasteiger partial charge on any atom is -0.388 e. The molecular weight excluding hydrogens is 338 g/mol. The molecule has 3 rings (SSSR count). The molecular formula is C16H15BrClNO. The number of aliphatic hydroxyl groups is 1. The fraction of sp³-hybridized carbons (Fsp3) is 0.312. The molecule has 0 radical (unpaired) electrons. The fourth-order valence-electron chi connectivity index (χ4n) is 2.88. The number of hydrogen-bond acceptors (Lipinski definition) is 2. The summed E-state index contributed by atoms with van der Waals surface area (Å²) in [6.45, 7) is 0. The monoisotopic (exact) mass is 351 g/mol. The van der Waals surface area contributed by atoms with Crippen molar-refractivity contribution in [2.75, 3.05) is 0 Å². The highest BCUT2D eigenvalue weighted by atomic mass is 79.9. The van der Waals surface area contributed by atoms with Crippen molar-refractivity contribution in [3.05, 3.63) is 62.8 Å². The van der Waals surface area contributed by atoms with Crippen LogP contribution in [0.5, 0.6) is 0 Å². The second-order valence-corrected chi connectivity index (χ2v) is 6.43. The van der Waals surface area contributed by atoms with E-state index >= 15 is 0 Å². The van der Waals surface area contributed by atoms with Gasteiger partial charge in [-0.2, -0.15) is 0 Å². The van der Waals surface area contributed by atoms with Gasteiger partial charge < -0.3 is 5.11 Å². The van der Waals surface area contributed by atoms with Crippen LogP contribution in [0.15, 0.2) is 41.0 Å². The van der Waals surface area contributed by atoms with Crippen molar-refractivity contribution in [3.63, 3.8) is 0 Å². The van der Waals surface area contributed by atoms with Crippen molar-refractivity contribution < 1.29 is 5.11 Å². The number of nitrogens with zero attached hydrogens (tertiary/aromatic N) is 1. The van der Waals surface area contributed by atoms with Gasteiger partial charge in [-0.05, 0) is 64.5 Å². The normalized spacial score (nSPS) is 19.4. The Kier molecular flexibility index (Phi) is 4.11. The molecule has 2 unspecified atom stereocenters. The van der Waals surface area contributed by atoms with E-state index in [1.807, 2.05) is 30.5 Å². The molecule has 2 atom stereocenters. The first kappa shape index (κ1) is 14.1. The predicted molar refractivity (Wildman–Crippen MR) is 84.0 cm³/mol. The zero-order chi connectivity index (χ0) is 14.1. The number of aryl methyl sites for hydroxylation is 1. The van der Waals surface area contributed by atoms with Crippen LogP contribution in [-0.2, 0) is 6.42 Å². The Morgan fingerprint density at radius 1 is 1.35 bits per heavy atom. The smallest absolute Gasteiger partial charge is 0.0874 e. The summed E-state index contributed by atoms with van der Waals surface area (Å²) in [5, 5.41) is 11.4. The maximum atomic E-state index is 10.7. The van der Waals surface area contributed by atoms with Crippen LogP contribution in [0.2, 0.25) is 5.02 Å². The van der Waals surface area contributed by atoms with Gasteiger partial charge in [-0.25, -0.2) is 0 Å². The Labute approximate surface area is 131 Å². The third kappa shape index (κ3) is 2.62. The van der Waals surface area contributed by atoms with Gasteiger partial charge in [0.1, 0.15) is 0 Å². The summed E-state index contributed by atoms with van der Waals surface area (Å²) in [5.74, 6) is 0.0630. The summed E-state index contributed by atoms with van der Waals surface area (Å²) in [5.41, 5.74) is 3.18. The average molecular weight is 353 g/mol. The van der Waals surface area contributed by atoms with Crippen LogP contribution in [0, 0.1) is 0 Å². The van der Waals surface area contributed by atoms with E-state index in [4.69, 9.17) is 11.6 Å². The molecule has 0 fully saturated rings. The Balaban J connectivity index is 1.95. The van der Waals surface area contributed by atoms with Gasteiger partial charge in [0.05, 0.1) is 11.1 Å². The zero-order valence-electron chi connectivity index (χ0n) is 10.9. The second-order valence-electron chi connectivity index (χ2n) is 5.16. The van der Waals surface area contributed by atoms with Crippen molar-refractivity contribution in [2.45, 2.75) is 31.3 Å². The topological polar surface area (TPSA) is 33.1 Å².